The highest BCUT2D eigenvalue weighted by Crippen LogP contribution is 2.49. The van der Waals surface area contributed by atoms with Crippen LogP contribution < -0.4 is 4.90 Å². The minimum absolute atomic E-state index is 0.256. The van der Waals surface area contributed by atoms with Crippen LogP contribution in [0.1, 0.15) is 26.3 Å². The van der Waals surface area contributed by atoms with Crippen LogP contribution in [-0.4, -0.2) is 42.7 Å². The number of nitrogens with zero attached hydrogens (tertiary/aromatic N) is 2. The fourth-order valence-electron chi connectivity index (χ4n) is 2.99. The molecule has 1 atom stereocenters. The Labute approximate surface area is 164 Å². The monoisotopic (exact) mass is 388 g/mol. The average Bonchev–Trinajstić information content (AvgIpc) is 2.60. The van der Waals surface area contributed by atoms with E-state index >= 15 is 0 Å². The van der Waals surface area contributed by atoms with Crippen molar-refractivity contribution in [3.63, 3.8) is 0 Å². The van der Waals surface area contributed by atoms with Crippen LogP contribution in [-0.2, 0) is 10.2 Å². The van der Waals surface area contributed by atoms with Crippen molar-refractivity contribution in [1.82, 2.24) is 4.90 Å². The maximum Gasteiger partial charge on any atom is 0.313 e. The summed E-state index contributed by atoms with van der Waals surface area (Å²) in [5.74, 6) is -1.12. The molecule has 2 aromatic rings. The van der Waals surface area contributed by atoms with Crippen LogP contribution in [0.3, 0.4) is 0 Å². The van der Waals surface area contributed by atoms with E-state index in [4.69, 9.17) is 0 Å². The first-order valence-electron chi connectivity index (χ1n) is 8.90. The average molecular weight is 389 g/mol. The summed E-state index contributed by atoms with van der Waals surface area (Å²) in [7, 11) is 4.06. The summed E-state index contributed by atoms with van der Waals surface area (Å²) in [5, 5.41) is 9.60. The highest BCUT2D eigenvalue weighted by molar-refractivity contribution is 7.99. The molecule has 1 heterocycles. The van der Waals surface area contributed by atoms with Gasteiger partial charge < -0.3 is 14.9 Å². The van der Waals surface area contributed by atoms with Crippen LogP contribution in [0.2, 0.25) is 0 Å². The highest BCUT2D eigenvalue weighted by Gasteiger charge is 2.32. The number of hydrogen-bond acceptors (Lipinski definition) is 4. The molecule has 1 N–H and O–H groups in total. The van der Waals surface area contributed by atoms with Crippen molar-refractivity contribution in [1.29, 1.82) is 0 Å². The van der Waals surface area contributed by atoms with Crippen LogP contribution in [0.4, 0.5) is 15.8 Å². The number of aliphatic carboxylic acids is 1. The third kappa shape index (κ3) is 3.69. The van der Waals surface area contributed by atoms with E-state index < -0.39 is 11.4 Å². The third-order valence-corrected chi connectivity index (χ3v) is 6.38. The number of hydrogen-bond donors (Lipinski definition) is 1. The number of likely N-dealkylation sites (N-methyl/N-ethyl adjacent to an activating group) is 1. The quantitative estimate of drug-likeness (QED) is 0.801. The molecule has 1 aliphatic rings. The number of carboxylic acid groups (broad SMARTS) is 1. The molecule has 3 rings (SSSR count). The molecular formula is C21H25FN2O2S. The molecule has 0 bridgehead atoms. The first-order valence-corrected chi connectivity index (χ1v) is 9.72. The Morgan fingerprint density at radius 3 is 2.52 bits per heavy atom. The predicted octanol–water partition coefficient (Wildman–Crippen LogP) is 4.74. The van der Waals surface area contributed by atoms with Crippen LogP contribution in [0.15, 0.2) is 46.2 Å². The number of carbonyl (C=O) groups is 1. The fourth-order valence-corrected chi connectivity index (χ4v) is 4.09. The van der Waals surface area contributed by atoms with Crippen LogP contribution in [0.25, 0.3) is 0 Å². The normalized spacial score (nSPS) is 14.7. The molecule has 0 fully saturated rings. The summed E-state index contributed by atoms with van der Waals surface area (Å²) in [6.07, 6.45) is 0. The molecule has 4 nitrogen and oxygen atoms in total. The van der Waals surface area contributed by atoms with E-state index in [2.05, 4.69) is 16.7 Å². The van der Waals surface area contributed by atoms with E-state index in [1.165, 1.54) is 17.8 Å². The van der Waals surface area contributed by atoms with E-state index in [0.29, 0.717) is 0 Å². The second kappa shape index (κ2) is 7.17. The standard InChI is InChI=1S/C21H25FN2O2S/c1-13(23(4)5)12-24-16-8-7-15(22)11-19(16)27-18-9-6-14(10-17(18)24)21(2,3)20(25)26/h6-11,13H,12H2,1-5H3,(H,25,26). The fraction of sp³-hybridized carbons (Fsp3) is 0.381. The minimum Gasteiger partial charge on any atom is -0.481 e. The second-order valence-corrected chi connectivity index (χ2v) is 8.83. The molecule has 0 aliphatic carbocycles. The van der Waals surface area contributed by atoms with Gasteiger partial charge in [-0.05, 0) is 70.8 Å². The van der Waals surface area contributed by atoms with Crippen molar-refractivity contribution in [2.24, 2.45) is 0 Å². The van der Waals surface area contributed by atoms with Gasteiger partial charge in [-0.1, -0.05) is 17.8 Å². The smallest absolute Gasteiger partial charge is 0.313 e. The van der Waals surface area contributed by atoms with Gasteiger partial charge in [0.15, 0.2) is 0 Å². The van der Waals surface area contributed by atoms with Crippen molar-refractivity contribution in [3.05, 3.63) is 47.8 Å². The van der Waals surface area contributed by atoms with Gasteiger partial charge in [-0.25, -0.2) is 4.39 Å². The van der Waals surface area contributed by atoms with Crippen molar-refractivity contribution < 1.29 is 14.3 Å². The molecule has 2 aromatic carbocycles. The van der Waals surface area contributed by atoms with Crippen LogP contribution in [0.5, 0.6) is 0 Å². The molecule has 0 saturated heterocycles. The van der Waals surface area contributed by atoms with Gasteiger partial charge in [0.2, 0.25) is 0 Å². The van der Waals surface area contributed by atoms with Crippen molar-refractivity contribution >= 4 is 29.1 Å². The van der Waals surface area contributed by atoms with Gasteiger partial charge in [0.1, 0.15) is 5.82 Å². The molecule has 27 heavy (non-hydrogen) atoms. The maximum absolute atomic E-state index is 13.8. The molecule has 0 saturated carbocycles. The number of benzene rings is 2. The van der Waals surface area contributed by atoms with Crippen LogP contribution in [0, 0.1) is 5.82 Å². The first-order chi connectivity index (χ1) is 12.6. The number of carboxylic acids is 1. The summed E-state index contributed by atoms with van der Waals surface area (Å²) in [5.41, 5.74) is 1.69. The molecule has 1 aliphatic heterocycles. The Bertz CT molecular complexity index is 882. The number of rotatable bonds is 5. The molecular weight excluding hydrogens is 363 g/mol. The van der Waals surface area contributed by atoms with Gasteiger partial charge >= 0.3 is 5.97 Å². The number of halogens is 1. The first kappa shape index (κ1) is 19.7. The lowest BCUT2D eigenvalue weighted by Crippen LogP contribution is -2.37. The molecule has 0 aromatic heterocycles. The Balaban J connectivity index is 2.12. The Kier molecular flexibility index (Phi) is 5.23. The summed E-state index contributed by atoms with van der Waals surface area (Å²) in [4.78, 5) is 17.9. The predicted molar refractivity (Wildman–Crippen MR) is 108 cm³/mol. The van der Waals surface area contributed by atoms with Gasteiger partial charge in [0, 0.05) is 22.4 Å². The summed E-state index contributed by atoms with van der Waals surface area (Å²) < 4.78 is 13.8. The van der Waals surface area contributed by atoms with Gasteiger partial charge in [-0.3, -0.25) is 4.79 Å². The van der Waals surface area contributed by atoms with Gasteiger partial charge in [0.25, 0.3) is 0 Å². The highest BCUT2D eigenvalue weighted by atomic mass is 32.2. The van der Waals surface area contributed by atoms with E-state index in [1.807, 2.05) is 32.3 Å². The van der Waals surface area contributed by atoms with E-state index in [-0.39, 0.29) is 11.9 Å². The summed E-state index contributed by atoms with van der Waals surface area (Å²) >= 11 is 1.52. The van der Waals surface area contributed by atoms with E-state index in [9.17, 15) is 14.3 Å². The zero-order valence-electron chi connectivity index (χ0n) is 16.3. The van der Waals surface area contributed by atoms with Gasteiger partial charge in [0.05, 0.1) is 16.8 Å². The molecule has 1 unspecified atom stereocenters. The van der Waals surface area contributed by atoms with Crippen LogP contribution >= 0.6 is 11.8 Å². The zero-order chi connectivity index (χ0) is 19.9. The van der Waals surface area contributed by atoms with E-state index in [1.54, 1.807) is 26.0 Å². The Morgan fingerprint density at radius 1 is 1.19 bits per heavy atom. The topological polar surface area (TPSA) is 43.8 Å². The third-order valence-electron chi connectivity index (χ3n) is 5.27. The van der Waals surface area contributed by atoms with Gasteiger partial charge in [-0.2, -0.15) is 0 Å². The minimum atomic E-state index is -0.985. The Hall–Kier alpha value is -2.05. The van der Waals surface area contributed by atoms with E-state index in [0.717, 1.165) is 33.3 Å². The lowest BCUT2D eigenvalue weighted by Gasteiger charge is -2.37. The summed E-state index contributed by atoms with van der Waals surface area (Å²) in [6.45, 7) is 6.28. The molecule has 0 spiro atoms. The largest absolute Gasteiger partial charge is 0.481 e. The summed E-state index contributed by atoms with van der Waals surface area (Å²) in [6, 6.07) is 10.9. The van der Waals surface area contributed by atoms with Crippen molar-refractivity contribution in [2.75, 3.05) is 25.5 Å². The number of fused-ring (bicyclic) bond motifs is 2. The lowest BCUT2D eigenvalue weighted by atomic mass is 9.84. The zero-order valence-corrected chi connectivity index (χ0v) is 17.1. The number of anilines is 2. The molecule has 0 radical (unpaired) electrons. The van der Waals surface area contributed by atoms with Crippen molar-refractivity contribution in [3.8, 4) is 0 Å². The lowest BCUT2D eigenvalue weighted by molar-refractivity contribution is -0.142. The molecule has 6 heteroatoms. The van der Waals surface area contributed by atoms with Gasteiger partial charge in [-0.15, -0.1) is 0 Å². The maximum atomic E-state index is 13.8. The van der Waals surface area contributed by atoms with Crippen molar-refractivity contribution in [2.45, 2.75) is 42.0 Å². The Morgan fingerprint density at radius 2 is 1.89 bits per heavy atom. The molecule has 0 amide bonds. The molecule has 144 valence electrons. The SMILES string of the molecule is CC(CN1c2ccc(F)cc2Sc2ccc(C(C)(C)C(=O)O)cc21)N(C)C. The second-order valence-electron chi connectivity index (χ2n) is 7.75.